The van der Waals surface area contributed by atoms with E-state index in [1.165, 1.54) is 109 Å². The number of aliphatic hydroxyl groups is 2. The van der Waals surface area contributed by atoms with Gasteiger partial charge in [0.2, 0.25) is 0 Å². The minimum Gasteiger partial charge on any atom is -0.393 e. The molecule has 0 saturated carbocycles. The molecule has 0 radical (unpaired) electrons. The minimum absolute atomic E-state index is 0.0519. The molecule has 0 rings (SSSR count). The maximum Gasteiger partial charge on any atom is 0.161 e. The molecular weight excluding hydrogens is 468 g/mol. The fourth-order valence-corrected chi connectivity index (χ4v) is 5.54. The van der Waals surface area contributed by atoms with Gasteiger partial charge in [-0.05, 0) is 25.7 Å². The van der Waals surface area contributed by atoms with Gasteiger partial charge in [-0.1, -0.05) is 174 Å². The van der Waals surface area contributed by atoms with Gasteiger partial charge >= 0.3 is 0 Å². The summed E-state index contributed by atoms with van der Waals surface area (Å²) in [6.45, 7) is 4.45. The number of aliphatic hydroxyl groups excluding tert-OH is 2. The quantitative estimate of drug-likeness (QED) is 0.0837. The number of hydrogen-bond acceptors (Lipinski definition) is 3. The van der Waals surface area contributed by atoms with Gasteiger partial charge in [-0.15, -0.1) is 0 Å². The van der Waals surface area contributed by atoms with Crippen LogP contribution in [0.4, 0.5) is 0 Å². The van der Waals surface area contributed by atoms with Crippen molar-refractivity contribution >= 4 is 5.78 Å². The van der Waals surface area contributed by atoms with E-state index in [4.69, 9.17) is 0 Å². The molecule has 0 aromatic rings. The smallest absolute Gasteiger partial charge is 0.161 e. The Balaban J connectivity index is 3.30. The topological polar surface area (TPSA) is 57.5 Å². The number of carbonyl (C=O) groups excluding carboxylic acids is 1. The molecule has 3 heteroatoms. The van der Waals surface area contributed by atoms with Crippen molar-refractivity contribution in [2.24, 2.45) is 0 Å². The second kappa shape index (κ2) is 31.1. The van der Waals surface area contributed by atoms with Crippen LogP contribution in [-0.2, 0) is 4.79 Å². The Morgan fingerprint density at radius 1 is 0.421 bits per heavy atom. The summed E-state index contributed by atoms with van der Waals surface area (Å²) in [5, 5.41) is 20.0. The fraction of sp³-hybridized carbons (Fsp3) is 0.971. The Morgan fingerprint density at radius 2 is 0.737 bits per heavy atom. The summed E-state index contributed by atoms with van der Waals surface area (Å²) in [6.07, 6.45) is 35.6. The molecule has 3 nitrogen and oxygen atoms in total. The SMILES string of the molecule is CCCCCCCCCCCCCCCCCCCCCC(=O)[C@H](O)CCCCCCC[C@H](O)CCCC. The maximum atomic E-state index is 12.2. The lowest BCUT2D eigenvalue weighted by atomic mass is 10.00. The third-order valence-corrected chi connectivity index (χ3v) is 8.30. The molecule has 0 aliphatic heterocycles. The van der Waals surface area contributed by atoms with Gasteiger partial charge < -0.3 is 10.2 Å². The van der Waals surface area contributed by atoms with E-state index in [9.17, 15) is 15.0 Å². The van der Waals surface area contributed by atoms with Crippen LogP contribution >= 0.6 is 0 Å². The van der Waals surface area contributed by atoms with Crippen LogP contribution in [0.15, 0.2) is 0 Å². The van der Waals surface area contributed by atoms with Gasteiger partial charge in [0, 0.05) is 6.42 Å². The molecule has 0 aliphatic rings. The van der Waals surface area contributed by atoms with Crippen molar-refractivity contribution in [1.29, 1.82) is 0 Å². The number of Topliss-reactive ketones (excluding diaryl/α,β-unsaturated/α-hetero) is 1. The highest BCUT2D eigenvalue weighted by Gasteiger charge is 2.13. The van der Waals surface area contributed by atoms with Crippen molar-refractivity contribution in [2.75, 3.05) is 0 Å². The van der Waals surface area contributed by atoms with E-state index in [1.54, 1.807) is 0 Å². The summed E-state index contributed by atoms with van der Waals surface area (Å²) in [7, 11) is 0. The summed E-state index contributed by atoms with van der Waals surface area (Å²) in [5.41, 5.74) is 0. The zero-order valence-corrected chi connectivity index (χ0v) is 26.2. The molecule has 0 unspecified atom stereocenters. The first-order valence-electron chi connectivity index (χ1n) is 17.5. The van der Waals surface area contributed by atoms with Crippen LogP contribution in [0.3, 0.4) is 0 Å². The van der Waals surface area contributed by atoms with E-state index in [0.717, 1.165) is 70.6 Å². The second-order valence-electron chi connectivity index (χ2n) is 12.2. The Kier molecular flexibility index (Phi) is 30.8. The van der Waals surface area contributed by atoms with E-state index < -0.39 is 6.10 Å². The third kappa shape index (κ3) is 28.6. The third-order valence-electron chi connectivity index (χ3n) is 8.30. The normalized spacial score (nSPS) is 13.2. The summed E-state index contributed by atoms with van der Waals surface area (Å²) < 4.78 is 0. The van der Waals surface area contributed by atoms with Crippen molar-refractivity contribution in [3.05, 3.63) is 0 Å². The second-order valence-corrected chi connectivity index (χ2v) is 12.2. The summed E-state index contributed by atoms with van der Waals surface area (Å²) >= 11 is 0. The molecule has 2 atom stereocenters. The first-order chi connectivity index (χ1) is 18.6. The Bertz CT molecular complexity index is 464. The highest BCUT2D eigenvalue weighted by molar-refractivity contribution is 5.82. The molecule has 38 heavy (non-hydrogen) atoms. The Hall–Kier alpha value is -0.410. The van der Waals surface area contributed by atoms with Gasteiger partial charge in [0.05, 0.1) is 6.10 Å². The highest BCUT2D eigenvalue weighted by Crippen LogP contribution is 2.16. The zero-order valence-electron chi connectivity index (χ0n) is 26.2. The largest absolute Gasteiger partial charge is 0.393 e. The number of hydrogen-bond donors (Lipinski definition) is 2. The lowest BCUT2D eigenvalue weighted by Gasteiger charge is -2.10. The number of rotatable bonds is 32. The first-order valence-corrected chi connectivity index (χ1v) is 17.5. The van der Waals surface area contributed by atoms with Crippen LogP contribution in [0.2, 0.25) is 0 Å². The van der Waals surface area contributed by atoms with Gasteiger partial charge in [0.25, 0.3) is 0 Å². The van der Waals surface area contributed by atoms with Crippen LogP contribution in [0.5, 0.6) is 0 Å². The fourth-order valence-electron chi connectivity index (χ4n) is 5.54. The van der Waals surface area contributed by atoms with Gasteiger partial charge in [-0.25, -0.2) is 0 Å². The predicted octanol–water partition coefficient (Wildman–Crippen LogP) is 11.0. The number of ketones is 1. The van der Waals surface area contributed by atoms with Crippen molar-refractivity contribution in [1.82, 2.24) is 0 Å². The van der Waals surface area contributed by atoms with E-state index >= 15 is 0 Å². The Labute approximate surface area is 239 Å². The van der Waals surface area contributed by atoms with E-state index in [1.807, 2.05) is 0 Å². The van der Waals surface area contributed by atoms with Crippen LogP contribution in [0.25, 0.3) is 0 Å². The average molecular weight is 539 g/mol. The minimum atomic E-state index is -0.749. The summed E-state index contributed by atoms with van der Waals surface area (Å²) in [5.74, 6) is 0.0519. The zero-order chi connectivity index (χ0) is 27.9. The van der Waals surface area contributed by atoms with E-state index in [-0.39, 0.29) is 11.9 Å². The molecule has 0 saturated heterocycles. The molecule has 2 N–H and O–H groups in total. The van der Waals surface area contributed by atoms with Crippen molar-refractivity contribution in [3.8, 4) is 0 Å². The lowest BCUT2D eigenvalue weighted by molar-refractivity contribution is -0.127. The lowest BCUT2D eigenvalue weighted by Crippen LogP contribution is -2.19. The van der Waals surface area contributed by atoms with Gasteiger partial charge in [0.1, 0.15) is 6.10 Å². The van der Waals surface area contributed by atoms with E-state index in [0.29, 0.717) is 12.8 Å². The summed E-state index contributed by atoms with van der Waals surface area (Å²) in [4.78, 5) is 12.2. The predicted molar refractivity (Wildman–Crippen MR) is 167 cm³/mol. The van der Waals surface area contributed by atoms with Crippen molar-refractivity contribution < 1.29 is 15.0 Å². The van der Waals surface area contributed by atoms with Crippen molar-refractivity contribution in [2.45, 2.75) is 219 Å². The molecule has 0 fully saturated rings. The molecule has 0 bridgehead atoms. The molecule has 0 aromatic heterocycles. The molecule has 0 heterocycles. The van der Waals surface area contributed by atoms with Gasteiger partial charge in [-0.2, -0.15) is 0 Å². The maximum absolute atomic E-state index is 12.2. The molecule has 0 aromatic carbocycles. The molecule has 0 aliphatic carbocycles. The number of unbranched alkanes of at least 4 members (excludes halogenated alkanes) is 23. The van der Waals surface area contributed by atoms with Crippen LogP contribution in [0, 0.1) is 0 Å². The first kappa shape index (κ1) is 37.6. The van der Waals surface area contributed by atoms with Crippen LogP contribution < -0.4 is 0 Å². The molecule has 0 amide bonds. The molecular formula is C35H70O3. The number of carbonyl (C=O) groups is 1. The van der Waals surface area contributed by atoms with E-state index in [2.05, 4.69) is 13.8 Å². The molecule has 228 valence electrons. The van der Waals surface area contributed by atoms with Crippen LogP contribution in [0.1, 0.15) is 206 Å². The standard InChI is InChI=1S/C35H70O3/c1-3-5-7-8-9-10-11-12-13-14-15-16-17-18-19-20-21-24-27-31-34(37)35(38)32-28-25-22-23-26-30-33(36)29-6-4-2/h33,35-36,38H,3-32H2,1-2H3/t33-,35-/m1/s1. The monoisotopic (exact) mass is 539 g/mol. The molecule has 0 spiro atoms. The van der Waals surface area contributed by atoms with Crippen molar-refractivity contribution in [3.63, 3.8) is 0 Å². The average Bonchev–Trinajstić information content (AvgIpc) is 2.92. The van der Waals surface area contributed by atoms with Gasteiger partial charge in [-0.3, -0.25) is 4.79 Å². The van der Waals surface area contributed by atoms with Gasteiger partial charge in [0.15, 0.2) is 5.78 Å². The van der Waals surface area contributed by atoms with Crippen LogP contribution in [-0.4, -0.2) is 28.2 Å². The summed E-state index contributed by atoms with van der Waals surface area (Å²) in [6, 6.07) is 0. The highest BCUT2D eigenvalue weighted by atomic mass is 16.3. The Morgan fingerprint density at radius 3 is 1.16 bits per heavy atom.